The van der Waals surface area contributed by atoms with Crippen LogP contribution in [0.2, 0.25) is 0 Å². The van der Waals surface area contributed by atoms with E-state index in [1.807, 2.05) is 6.07 Å². The van der Waals surface area contributed by atoms with Gasteiger partial charge in [-0.2, -0.15) is 5.26 Å². The predicted octanol–water partition coefficient (Wildman–Crippen LogP) is 0.218. The Kier molecular flexibility index (Phi) is 5.52. The van der Waals surface area contributed by atoms with Crippen LogP contribution in [0.15, 0.2) is 23.5 Å². The Balaban J connectivity index is 1.57. The van der Waals surface area contributed by atoms with Gasteiger partial charge in [0.2, 0.25) is 14.9 Å². The van der Waals surface area contributed by atoms with Crippen molar-refractivity contribution in [1.29, 1.82) is 5.26 Å². The lowest BCUT2D eigenvalue weighted by molar-refractivity contribution is 0.0372. The minimum Gasteiger partial charge on any atom is -0.380 e. The molecule has 3 N–H and O–H groups in total. The summed E-state index contributed by atoms with van der Waals surface area (Å²) in [5.74, 6) is 0.672. The highest BCUT2D eigenvalue weighted by Crippen LogP contribution is 2.36. The van der Waals surface area contributed by atoms with Crippen molar-refractivity contribution < 1.29 is 13.2 Å². The van der Waals surface area contributed by atoms with Gasteiger partial charge in [0.15, 0.2) is 11.5 Å². The minimum atomic E-state index is -3.53. The number of ether oxygens (including phenoxy) is 1. The van der Waals surface area contributed by atoms with Crippen molar-refractivity contribution in [3.05, 3.63) is 24.2 Å². The molecule has 0 radical (unpaired) electrons. The van der Waals surface area contributed by atoms with Gasteiger partial charge in [-0.15, -0.1) is 10.2 Å². The van der Waals surface area contributed by atoms with Gasteiger partial charge in [0.05, 0.1) is 36.0 Å². The molecule has 11 nitrogen and oxygen atoms in total. The topological polar surface area (TPSA) is 155 Å². The number of hydrogen-bond donors (Lipinski definition) is 3. The van der Waals surface area contributed by atoms with Crippen LogP contribution in [-0.2, 0) is 14.6 Å². The average Bonchev–Trinajstić information content (AvgIpc) is 3.60. The first-order valence-electron chi connectivity index (χ1n) is 9.23. The van der Waals surface area contributed by atoms with Gasteiger partial charge in [-0.25, -0.2) is 18.4 Å². The van der Waals surface area contributed by atoms with Crippen LogP contribution in [-0.4, -0.2) is 66.2 Å². The maximum atomic E-state index is 12.7. The zero-order valence-electron chi connectivity index (χ0n) is 15.5. The van der Waals surface area contributed by atoms with Crippen LogP contribution in [0.25, 0.3) is 0 Å². The van der Waals surface area contributed by atoms with Crippen molar-refractivity contribution >= 4 is 27.2 Å². The number of rotatable bonds is 7. The Morgan fingerprint density at radius 1 is 1.24 bits per heavy atom. The number of aromatic nitrogens is 4. The second-order valence-electron chi connectivity index (χ2n) is 6.79. The van der Waals surface area contributed by atoms with Gasteiger partial charge in [-0.05, 0) is 12.8 Å². The van der Waals surface area contributed by atoms with E-state index in [9.17, 15) is 8.42 Å². The van der Waals surface area contributed by atoms with E-state index in [0.717, 1.165) is 6.54 Å². The van der Waals surface area contributed by atoms with Crippen LogP contribution in [0.3, 0.4) is 0 Å². The van der Waals surface area contributed by atoms with E-state index in [2.05, 4.69) is 36.1 Å². The molecule has 29 heavy (non-hydrogen) atoms. The molecular weight excluding hydrogens is 396 g/mol. The lowest BCUT2D eigenvalue weighted by Crippen LogP contribution is -2.42. The van der Waals surface area contributed by atoms with Crippen LogP contribution >= 0.6 is 0 Å². The molecule has 12 heteroatoms. The van der Waals surface area contributed by atoms with Crippen molar-refractivity contribution in [2.24, 2.45) is 0 Å². The Morgan fingerprint density at radius 2 is 2.10 bits per heavy atom. The van der Waals surface area contributed by atoms with E-state index in [1.165, 1.54) is 12.4 Å². The van der Waals surface area contributed by atoms with E-state index >= 15 is 0 Å². The molecule has 3 heterocycles. The third kappa shape index (κ3) is 4.58. The van der Waals surface area contributed by atoms with Crippen LogP contribution in [0.4, 0.5) is 17.3 Å². The maximum absolute atomic E-state index is 12.7. The van der Waals surface area contributed by atoms with Crippen molar-refractivity contribution in [2.45, 2.75) is 29.2 Å². The van der Waals surface area contributed by atoms with Crippen molar-refractivity contribution in [3.63, 3.8) is 0 Å². The van der Waals surface area contributed by atoms with E-state index in [4.69, 9.17) is 10.00 Å². The molecular formula is C17H20N8O3S. The quantitative estimate of drug-likeness (QED) is 0.567. The summed E-state index contributed by atoms with van der Waals surface area (Å²) in [5.41, 5.74) is 0.557. The number of nitrogens with one attached hydrogen (secondary N) is 3. The molecule has 1 atom stereocenters. The molecule has 2 aliphatic rings. The highest BCUT2D eigenvalue weighted by molar-refractivity contribution is 7.92. The molecule has 152 valence electrons. The summed E-state index contributed by atoms with van der Waals surface area (Å²) in [6, 6.07) is 3.47. The van der Waals surface area contributed by atoms with E-state index in [1.54, 1.807) is 6.07 Å². The number of hydrogen-bond acceptors (Lipinski definition) is 11. The Morgan fingerprint density at radius 3 is 2.76 bits per heavy atom. The largest absolute Gasteiger partial charge is 0.380 e. The van der Waals surface area contributed by atoms with E-state index in [0.29, 0.717) is 49.9 Å². The lowest BCUT2D eigenvalue weighted by atomic mass is 10.3. The molecule has 1 aliphatic carbocycles. The third-order valence-corrected chi connectivity index (χ3v) is 6.73. The minimum absolute atomic E-state index is 0.0553. The molecule has 4 rings (SSSR count). The van der Waals surface area contributed by atoms with Crippen LogP contribution in [0.5, 0.6) is 0 Å². The number of nitriles is 1. The number of morpholine rings is 1. The van der Waals surface area contributed by atoms with Gasteiger partial charge in [-0.3, -0.25) is 0 Å². The number of nitrogens with zero attached hydrogens (tertiary/aromatic N) is 5. The van der Waals surface area contributed by atoms with Gasteiger partial charge >= 0.3 is 0 Å². The molecule has 1 unspecified atom stereocenters. The third-order valence-electron chi connectivity index (χ3n) is 4.54. The van der Waals surface area contributed by atoms with Gasteiger partial charge < -0.3 is 20.7 Å². The van der Waals surface area contributed by atoms with Gasteiger partial charge in [0.1, 0.15) is 11.9 Å². The SMILES string of the molecule is N#Cc1cnc(Nc2cc(NCC3CNCCO3)c(S(=O)(=O)C3CC3)nn2)cn1. The predicted molar refractivity (Wildman–Crippen MR) is 103 cm³/mol. The average molecular weight is 416 g/mol. The summed E-state index contributed by atoms with van der Waals surface area (Å²) in [5, 5.41) is 25.6. The number of anilines is 3. The summed E-state index contributed by atoms with van der Waals surface area (Å²) in [4.78, 5) is 8.00. The smallest absolute Gasteiger partial charge is 0.202 e. The molecule has 1 saturated heterocycles. The summed E-state index contributed by atoms with van der Waals surface area (Å²) in [7, 11) is -3.53. The molecule has 2 aromatic rings. The molecule has 2 aromatic heterocycles. The fraction of sp³-hybridized carbons (Fsp3) is 0.471. The molecule has 0 spiro atoms. The van der Waals surface area contributed by atoms with Gasteiger partial charge in [-0.1, -0.05) is 0 Å². The van der Waals surface area contributed by atoms with Gasteiger partial charge in [0, 0.05) is 25.7 Å². The highest BCUT2D eigenvalue weighted by Gasteiger charge is 2.40. The standard InChI is InChI=1S/C17H20N8O3S/c18-6-11-7-22-16(10-20-11)23-15-5-14(21-9-12-8-19-3-4-28-12)17(25-24-15)29(26,27)13-1-2-13/h5,7,10,12-13,19H,1-4,8-9H2,(H2,21,22,23,24). The van der Waals surface area contributed by atoms with Crippen LogP contribution in [0.1, 0.15) is 18.5 Å². The second-order valence-corrected chi connectivity index (χ2v) is 8.94. The second kappa shape index (κ2) is 8.24. The van der Waals surface area contributed by atoms with E-state index < -0.39 is 15.1 Å². The highest BCUT2D eigenvalue weighted by atomic mass is 32.2. The fourth-order valence-corrected chi connectivity index (χ4v) is 4.54. The molecule has 0 amide bonds. The van der Waals surface area contributed by atoms with Crippen molar-refractivity contribution in [1.82, 2.24) is 25.5 Å². The summed E-state index contributed by atoms with van der Waals surface area (Å²) < 4.78 is 31.2. The first-order chi connectivity index (χ1) is 14.1. The lowest BCUT2D eigenvalue weighted by Gasteiger charge is -2.24. The van der Waals surface area contributed by atoms with Crippen LogP contribution in [0, 0.1) is 11.3 Å². The molecule has 0 aromatic carbocycles. The fourth-order valence-electron chi connectivity index (χ4n) is 2.87. The first kappa shape index (κ1) is 19.4. The van der Waals surface area contributed by atoms with Crippen molar-refractivity contribution in [3.8, 4) is 6.07 Å². The maximum Gasteiger partial charge on any atom is 0.202 e. The van der Waals surface area contributed by atoms with Crippen molar-refractivity contribution in [2.75, 3.05) is 36.9 Å². The summed E-state index contributed by atoms with van der Waals surface area (Å²) in [6.45, 7) is 2.52. The Labute approximate surface area is 167 Å². The molecule has 1 aliphatic heterocycles. The zero-order chi connectivity index (χ0) is 20.3. The zero-order valence-corrected chi connectivity index (χ0v) is 16.3. The molecule has 1 saturated carbocycles. The molecule has 0 bridgehead atoms. The summed E-state index contributed by atoms with van der Waals surface area (Å²) in [6.07, 6.45) is 3.92. The monoisotopic (exact) mass is 416 g/mol. The Hall–Kier alpha value is -2.88. The number of sulfone groups is 1. The van der Waals surface area contributed by atoms with E-state index in [-0.39, 0.29) is 16.8 Å². The summed E-state index contributed by atoms with van der Waals surface area (Å²) >= 11 is 0. The molecule has 2 fully saturated rings. The van der Waals surface area contributed by atoms with Gasteiger partial charge in [0.25, 0.3) is 0 Å². The Bertz CT molecular complexity index is 1010. The first-order valence-corrected chi connectivity index (χ1v) is 10.8. The normalized spacial score (nSPS) is 19.3. The van der Waals surface area contributed by atoms with Crippen LogP contribution < -0.4 is 16.0 Å².